The Morgan fingerprint density at radius 3 is 2.27 bits per heavy atom. The standard InChI is InChI=1S/C10H19N/c1-2-3-4-5-6-7-8-9-10-11/h4-7H,2-3,8-11H2,1H3. The van der Waals surface area contributed by atoms with E-state index in [9.17, 15) is 0 Å². The zero-order chi connectivity index (χ0) is 8.36. The van der Waals surface area contributed by atoms with Crippen LogP contribution in [0.2, 0.25) is 0 Å². The molecule has 2 N–H and O–H groups in total. The van der Waals surface area contributed by atoms with Gasteiger partial charge in [0.25, 0.3) is 0 Å². The molecular formula is C10H19N. The molecule has 0 fully saturated rings. The van der Waals surface area contributed by atoms with Gasteiger partial charge in [0.05, 0.1) is 0 Å². The highest BCUT2D eigenvalue weighted by atomic mass is 14.5. The lowest BCUT2D eigenvalue weighted by Crippen LogP contribution is -1.96. The summed E-state index contributed by atoms with van der Waals surface area (Å²) in [5, 5.41) is 0. The molecule has 0 aliphatic heterocycles. The van der Waals surface area contributed by atoms with Crippen LogP contribution in [0, 0.1) is 0 Å². The summed E-state index contributed by atoms with van der Waals surface area (Å²) in [6, 6.07) is 0. The van der Waals surface area contributed by atoms with E-state index >= 15 is 0 Å². The summed E-state index contributed by atoms with van der Waals surface area (Å²) in [7, 11) is 0. The van der Waals surface area contributed by atoms with E-state index in [1.807, 2.05) is 0 Å². The van der Waals surface area contributed by atoms with Crippen LogP contribution in [0.15, 0.2) is 24.3 Å². The van der Waals surface area contributed by atoms with Crippen LogP contribution < -0.4 is 5.73 Å². The Kier molecular flexibility index (Phi) is 8.96. The van der Waals surface area contributed by atoms with Crippen molar-refractivity contribution >= 4 is 0 Å². The molecule has 0 rings (SSSR count). The average Bonchev–Trinajstić information content (AvgIpc) is 2.03. The smallest absolute Gasteiger partial charge is 0.00743 e. The van der Waals surface area contributed by atoms with Crippen molar-refractivity contribution in [3.8, 4) is 0 Å². The van der Waals surface area contributed by atoms with Gasteiger partial charge in [0.2, 0.25) is 0 Å². The Balaban J connectivity index is 3.14. The van der Waals surface area contributed by atoms with Crippen LogP contribution in [0.25, 0.3) is 0 Å². The molecular weight excluding hydrogens is 134 g/mol. The fourth-order valence-corrected chi connectivity index (χ4v) is 0.752. The van der Waals surface area contributed by atoms with Gasteiger partial charge in [0, 0.05) is 0 Å². The Hall–Kier alpha value is -0.560. The van der Waals surface area contributed by atoms with Gasteiger partial charge in [-0.2, -0.15) is 0 Å². The monoisotopic (exact) mass is 153 g/mol. The SMILES string of the molecule is CCCC=CC=CCCCN. The molecule has 1 nitrogen and oxygen atoms in total. The van der Waals surface area contributed by atoms with Crippen LogP contribution in [0.3, 0.4) is 0 Å². The predicted molar refractivity (Wildman–Crippen MR) is 51.5 cm³/mol. The normalized spacial score (nSPS) is 11.8. The van der Waals surface area contributed by atoms with Crippen LogP contribution in [-0.2, 0) is 0 Å². The summed E-state index contributed by atoms with van der Waals surface area (Å²) >= 11 is 0. The van der Waals surface area contributed by atoms with Gasteiger partial charge in [-0.05, 0) is 25.8 Å². The number of allylic oxidation sites excluding steroid dienone is 4. The third-order valence-corrected chi connectivity index (χ3v) is 1.41. The minimum atomic E-state index is 0.795. The molecule has 0 atom stereocenters. The van der Waals surface area contributed by atoms with Crippen molar-refractivity contribution in [3.05, 3.63) is 24.3 Å². The summed E-state index contributed by atoms with van der Waals surface area (Å²) in [4.78, 5) is 0. The van der Waals surface area contributed by atoms with Crippen molar-refractivity contribution in [2.24, 2.45) is 5.73 Å². The molecule has 0 heterocycles. The molecule has 0 aliphatic carbocycles. The highest BCUT2D eigenvalue weighted by molar-refractivity contribution is 5.02. The van der Waals surface area contributed by atoms with E-state index in [2.05, 4.69) is 31.2 Å². The third kappa shape index (κ3) is 9.44. The number of unbranched alkanes of at least 4 members (excludes halogenated alkanes) is 2. The summed E-state index contributed by atoms with van der Waals surface area (Å²) < 4.78 is 0. The molecule has 0 aromatic heterocycles. The Bertz CT molecular complexity index is 114. The summed E-state index contributed by atoms with van der Waals surface area (Å²) in [5.41, 5.74) is 5.34. The molecule has 0 bridgehead atoms. The van der Waals surface area contributed by atoms with Crippen LogP contribution >= 0.6 is 0 Å². The summed E-state index contributed by atoms with van der Waals surface area (Å²) in [5.74, 6) is 0. The number of rotatable bonds is 6. The molecule has 0 saturated heterocycles. The second kappa shape index (κ2) is 9.44. The van der Waals surface area contributed by atoms with Gasteiger partial charge in [-0.1, -0.05) is 37.6 Å². The minimum absolute atomic E-state index is 0.795. The zero-order valence-electron chi connectivity index (χ0n) is 7.42. The van der Waals surface area contributed by atoms with E-state index in [0.717, 1.165) is 19.4 Å². The number of hydrogen-bond donors (Lipinski definition) is 1. The lowest BCUT2D eigenvalue weighted by atomic mass is 10.2. The first kappa shape index (κ1) is 10.4. The molecule has 0 aromatic carbocycles. The quantitative estimate of drug-likeness (QED) is 0.460. The van der Waals surface area contributed by atoms with Crippen molar-refractivity contribution in [3.63, 3.8) is 0 Å². The largest absolute Gasteiger partial charge is 0.330 e. The van der Waals surface area contributed by atoms with Gasteiger partial charge in [0.1, 0.15) is 0 Å². The Morgan fingerprint density at radius 1 is 1.09 bits per heavy atom. The first-order valence-electron chi connectivity index (χ1n) is 4.43. The van der Waals surface area contributed by atoms with Crippen molar-refractivity contribution in [2.75, 3.05) is 6.54 Å². The van der Waals surface area contributed by atoms with E-state index in [1.54, 1.807) is 0 Å². The van der Waals surface area contributed by atoms with Crippen LogP contribution in [0.4, 0.5) is 0 Å². The highest BCUT2D eigenvalue weighted by Crippen LogP contribution is 1.91. The fourth-order valence-electron chi connectivity index (χ4n) is 0.752. The lowest BCUT2D eigenvalue weighted by Gasteiger charge is -1.86. The molecule has 0 unspecified atom stereocenters. The van der Waals surface area contributed by atoms with E-state index < -0.39 is 0 Å². The fraction of sp³-hybridized carbons (Fsp3) is 0.600. The minimum Gasteiger partial charge on any atom is -0.330 e. The molecule has 11 heavy (non-hydrogen) atoms. The maximum atomic E-state index is 5.34. The van der Waals surface area contributed by atoms with Crippen molar-refractivity contribution in [2.45, 2.75) is 32.6 Å². The highest BCUT2D eigenvalue weighted by Gasteiger charge is 1.75. The summed E-state index contributed by atoms with van der Waals surface area (Å²) in [6.45, 7) is 2.98. The second-order valence-electron chi connectivity index (χ2n) is 2.58. The van der Waals surface area contributed by atoms with Crippen molar-refractivity contribution in [1.29, 1.82) is 0 Å². The first-order valence-corrected chi connectivity index (χ1v) is 4.43. The van der Waals surface area contributed by atoms with E-state index in [1.165, 1.54) is 12.8 Å². The van der Waals surface area contributed by atoms with Gasteiger partial charge >= 0.3 is 0 Å². The molecule has 1 heteroatoms. The number of nitrogens with two attached hydrogens (primary N) is 1. The molecule has 0 aromatic rings. The predicted octanol–water partition coefficient (Wildman–Crippen LogP) is 2.64. The zero-order valence-corrected chi connectivity index (χ0v) is 7.42. The number of hydrogen-bond acceptors (Lipinski definition) is 1. The third-order valence-electron chi connectivity index (χ3n) is 1.41. The molecule has 0 saturated carbocycles. The maximum absolute atomic E-state index is 5.34. The van der Waals surface area contributed by atoms with Gasteiger partial charge in [-0.15, -0.1) is 0 Å². The van der Waals surface area contributed by atoms with E-state index in [4.69, 9.17) is 5.73 Å². The van der Waals surface area contributed by atoms with E-state index in [0.29, 0.717) is 0 Å². The Morgan fingerprint density at radius 2 is 1.73 bits per heavy atom. The van der Waals surface area contributed by atoms with Crippen LogP contribution in [-0.4, -0.2) is 6.54 Å². The summed E-state index contributed by atoms with van der Waals surface area (Å²) in [6.07, 6.45) is 13.2. The van der Waals surface area contributed by atoms with Crippen molar-refractivity contribution in [1.82, 2.24) is 0 Å². The van der Waals surface area contributed by atoms with Gasteiger partial charge in [-0.25, -0.2) is 0 Å². The maximum Gasteiger partial charge on any atom is -0.00743 e. The van der Waals surface area contributed by atoms with Crippen molar-refractivity contribution < 1.29 is 0 Å². The van der Waals surface area contributed by atoms with Crippen LogP contribution in [0.5, 0.6) is 0 Å². The van der Waals surface area contributed by atoms with Crippen LogP contribution in [0.1, 0.15) is 32.6 Å². The average molecular weight is 153 g/mol. The molecule has 0 radical (unpaired) electrons. The van der Waals surface area contributed by atoms with E-state index in [-0.39, 0.29) is 0 Å². The molecule has 0 amide bonds. The molecule has 0 aliphatic rings. The van der Waals surface area contributed by atoms with Gasteiger partial charge in [0.15, 0.2) is 0 Å². The molecule has 64 valence electrons. The lowest BCUT2D eigenvalue weighted by molar-refractivity contribution is 0.855. The molecule has 0 spiro atoms. The topological polar surface area (TPSA) is 26.0 Å². The van der Waals surface area contributed by atoms with Gasteiger partial charge in [-0.3, -0.25) is 0 Å². The van der Waals surface area contributed by atoms with Gasteiger partial charge < -0.3 is 5.73 Å². The first-order chi connectivity index (χ1) is 5.41. The second-order valence-corrected chi connectivity index (χ2v) is 2.58. The Labute approximate surface area is 70.0 Å².